The summed E-state index contributed by atoms with van der Waals surface area (Å²) in [7, 11) is 0. The quantitative estimate of drug-likeness (QED) is 0.643. The van der Waals surface area contributed by atoms with Crippen molar-refractivity contribution >= 4 is 16.8 Å². The van der Waals surface area contributed by atoms with Crippen LogP contribution >= 0.6 is 0 Å². The summed E-state index contributed by atoms with van der Waals surface area (Å²) in [5.74, 6) is 0.526. The predicted octanol–water partition coefficient (Wildman–Crippen LogP) is 2.43. The summed E-state index contributed by atoms with van der Waals surface area (Å²) in [6, 6.07) is 9.22. The van der Waals surface area contributed by atoms with Gasteiger partial charge in [0.15, 0.2) is 0 Å². The molecule has 130 valence electrons. The number of pyridine rings is 1. The number of aromatic amines is 1. The number of H-pyrrole nitrogens is 1. The summed E-state index contributed by atoms with van der Waals surface area (Å²) in [4.78, 5) is 31.0. The second kappa shape index (κ2) is 7.74. The minimum Gasteiger partial charge on any atom is -0.356 e. The number of nitrogens with zero attached hydrogens (tertiary/aromatic N) is 2. The fourth-order valence-corrected chi connectivity index (χ4v) is 2.49. The Labute approximate surface area is 144 Å². The Morgan fingerprint density at radius 3 is 3.00 bits per heavy atom. The van der Waals surface area contributed by atoms with Crippen molar-refractivity contribution in [2.75, 3.05) is 6.54 Å². The normalized spacial score (nSPS) is 10.9. The lowest BCUT2D eigenvalue weighted by molar-refractivity contribution is -0.121. The largest absolute Gasteiger partial charge is 0.356 e. The first-order valence-corrected chi connectivity index (χ1v) is 8.39. The first-order valence-electron chi connectivity index (χ1n) is 8.39. The summed E-state index contributed by atoms with van der Waals surface area (Å²) in [5.41, 5.74) is 0.827. The Morgan fingerprint density at radius 1 is 1.32 bits per heavy atom. The molecule has 1 amide bonds. The third-order valence-electron chi connectivity index (χ3n) is 3.88. The van der Waals surface area contributed by atoms with E-state index in [1.165, 1.54) is 0 Å². The van der Waals surface area contributed by atoms with E-state index in [2.05, 4.69) is 27.4 Å². The molecule has 2 N–H and O–H groups in total. The molecular formula is C18H20N4O3. The molecular weight excluding hydrogens is 320 g/mol. The predicted molar refractivity (Wildman–Crippen MR) is 94.1 cm³/mol. The molecule has 0 radical (unpaired) electrons. The first kappa shape index (κ1) is 16.9. The smallest absolute Gasteiger partial charge is 0.259 e. The van der Waals surface area contributed by atoms with Crippen molar-refractivity contribution in [2.24, 2.45) is 0 Å². The van der Waals surface area contributed by atoms with Gasteiger partial charge in [0.05, 0.1) is 5.56 Å². The van der Waals surface area contributed by atoms with Gasteiger partial charge in [-0.15, -0.1) is 0 Å². The zero-order valence-electron chi connectivity index (χ0n) is 14.0. The molecule has 0 spiro atoms. The molecule has 3 rings (SSSR count). The number of fused-ring (bicyclic) bond motifs is 1. The molecule has 2 heterocycles. The number of carbonyl (C=O) groups is 1. The number of amides is 1. The molecule has 1 aromatic carbocycles. The van der Waals surface area contributed by atoms with Crippen molar-refractivity contribution in [3.63, 3.8) is 0 Å². The number of carbonyl (C=O) groups excluding carboxylic acids is 1. The number of para-hydroxylation sites is 1. The SMILES string of the molecule is CCCCNC(=O)CCc1nc(-c2cc3ccccc3[nH]c2=O)no1. The number of hydrogen-bond donors (Lipinski definition) is 2. The van der Waals surface area contributed by atoms with E-state index in [1.807, 2.05) is 24.3 Å². The molecule has 0 aliphatic heterocycles. The number of hydrogen-bond acceptors (Lipinski definition) is 5. The second-order valence-electron chi connectivity index (χ2n) is 5.81. The van der Waals surface area contributed by atoms with Crippen LogP contribution in [0.3, 0.4) is 0 Å². The molecule has 0 aliphatic carbocycles. The number of nitrogens with one attached hydrogen (secondary N) is 2. The van der Waals surface area contributed by atoms with E-state index in [9.17, 15) is 9.59 Å². The van der Waals surface area contributed by atoms with Crippen LogP contribution in [0.2, 0.25) is 0 Å². The van der Waals surface area contributed by atoms with Gasteiger partial charge in [0.1, 0.15) is 0 Å². The molecule has 0 bridgehead atoms. The van der Waals surface area contributed by atoms with Gasteiger partial charge in [-0.05, 0) is 23.9 Å². The lowest BCUT2D eigenvalue weighted by atomic mass is 10.1. The van der Waals surface area contributed by atoms with Crippen LogP contribution in [0.5, 0.6) is 0 Å². The van der Waals surface area contributed by atoms with Crippen LogP contribution in [0.15, 0.2) is 39.6 Å². The van der Waals surface area contributed by atoms with E-state index in [4.69, 9.17) is 4.52 Å². The summed E-state index contributed by atoms with van der Waals surface area (Å²) in [6.45, 7) is 2.75. The summed E-state index contributed by atoms with van der Waals surface area (Å²) >= 11 is 0. The minimum atomic E-state index is -0.275. The maximum absolute atomic E-state index is 12.2. The van der Waals surface area contributed by atoms with E-state index < -0.39 is 0 Å². The third-order valence-corrected chi connectivity index (χ3v) is 3.88. The van der Waals surface area contributed by atoms with Gasteiger partial charge in [-0.3, -0.25) is 9.59 Å². The van der Waals surface area contributed by atoms with Gasteiger partial charge >= 0.3 is 0 Å². The lowest BCUT2D eigenvalue weighted by Gasteiger charge is -2.01. The summed E-state index contributed by atoms with van der Waals surface area (Å²) in [5, 5.41) is 7.60. The van der Waals surface area contributed by atoms with E-state index in [1.54, 1.807) is 6.07 Å². The molecule has 7 nitrogen and oxygen atoms in total. The Morgan fingerprint density at radius 2 is 2.16 bits per heavy atom. The highest BCUT2D eigenvalue weighted by atomic mass is 16.5. The molecule has 0 fully saturated rings. The lowest BCUT2D eigenvalue weighted by Crippen LogP contribution is -2.24. The highest BCUT2D eigenvalue weighted by molar-refractivity contribution is 5.82. The zero-order chi connectivity index (χ0) is 17.6. The second-order valence-corrected chi connectivity index (χ2v) is 5.81. The minimum absolute atomic E-state index is 0.0447. The van der Waals surface area contributed by atoms with Crippen LogP contribution in [0.25, 0.3) is 22.3 Å². The molecule has 0 saturated carbocycles. The van der Waals surface area contributed by atoms with E-state index in [0.29, 0.717) is 24.4 Å². The van der Waals surface area contributed by atoms with Crippen molar-refractivity contribution in [3.05, 3.63) is 46.6 Å². The molecule has 7 heteroatoms. The Balaban J connectivity index is 1.70. The molecule has 2 aromatic heterocycles. The number of unbranched alkanes of at least 4 members (excludes halogenated alkanes) is 1. The summed E-state index contributed by atoms with van der Waals surface area (Å²) < 4.78 is 5.17. The van der Waals surface area contributed by atoms with Gasteiger partial charge in [0.2, 0.25) is 17.6 Å². The van der Waals surface area contributed by atoms with Crippen molar-refractivity contribution in [1.29, 1.82) is 0 Å². The molecule has 0 aliphatic rings. The van der Waals surface area contributed by atoms with E-state index in [0.717, 1.165) is 23.7 Å². The van der Waals surface area contributed by atoms with Gasteiger partial charge in [0, 0.05) is 24.9 Å². The van der Waals surface area contributed by atoms with Gasteiger partial charge in [-0.1, -0.05) is 36.7 Å². The van der Waals surface area contributed by atoms with Crippen molar-refractivity contribution in [3.8, 4) is 11.4 Å². The average Bonchev–Trinajstić information content (AvgIpc) is 3.08. The Kier molecular flexibility index (Phi) is 5.23. The van der Waals surface area contributed by atoms with Crippen LogP contribution in [0, 0.1) is 0 Å². The molecule has 0 atom stereocenters. The summed E-state index contributed by atoms with van der Waals surface area (Å²) in [6.07, 6.45) is 2.62. The number of aryl methyl sites for hydroxylation is 1. The first-order chi connectivity index (χ1) is 12.2. The fourth-order valence-electron chi connectivity index (χ4n) is 2.49. The maximum Gasteiger partial charge on any atom is 0.259 e. The fraction of sp³-hybridized carbons (Fsp3) is 0.333. The molecule has 3 aromatic rings. The Bertz CT molecular complexity index is 929. The highest BCUT2D eigenvalue weighted by Gasteiger charge is 2.14. The van der Waals surface area contributed by atoms with Crippen LogP contribution in [0.1, 0.15) is 32.1 Å². The maximum atomic E-state index is 12.2. The van der Waals surface area contributed by atoms with Gasteiger partial charge < -0.3 is 14.8 Å². The van der Waals surface area contributed by atoms with Gasteiger partial charge in [0.25, 0.3) is 5.56 Å². The van der Waals surface area contributed by atoms with Crippen molar-refractivity contribution in [2.45, 2.75) is 32.6 Å². The van der Waals surface area contributed by atoms with Gasteiger partial charge in [-0.2, -0.15) is 4.98 Å². The van der Waals surface area contributed by atoms with E-state index in [-0.39, 0.29) is 23.7 Å². The van der Waals surface area contributed by atoms with Crippen LogP contribution in [0.4, 0.5) is 0 Å². The molecule has 0 unspecified atom stereocenters. The molecule has 0 saturated heterocycles. The molecule has 25 heavy (non-hydrogen) atoms. The van der Waals surface area contributed by atoms with Crippen molar-refractivity contribution in [1.82, 2.24) is 20.4 Å². The number of rotatable bonds is 7. The number of benzene rings is 1. The van der Waals surface area contributed by atoms with Crippen molar-refractivity contribution < 1.29 is 9.32 Å². The average molecular weight is 340 g/mol. The highest BCUT2D eigenvalue weighted by Crippen LogP contribution is 2.17. The topological polar surface area (TPSA) is 101 Å². The van der Waals surface area contributed by atoms with Crippen LogP contribution in [-0.4, -0.2) is 27.6 Å². The third kappa shape index (κ3) is 4.12. The standard InChI is InChI=1S/C18H20N4O3/c1-2-3-10-19-15(23)8-9-16-21-17(22-25-16)13-11-12-6-4-5-7-14(12)20-18(13)24/h4-7,11H,2-3,8-10H2,1H3,(H,19,23)(H,20,24). The van der Waals surface area contributed by atoms with Crippen LogP contribution < -0.4 is 10.9 Å². The van der Waals surface area contributed by atoms with Crippen LogP contribution in [-0.2, 0) is 11.2 Å². The van der Waals surface area contributed by atoms with Gasteiger partial charge in [-0.25, -0.2) is 0 Å². The van der Waals surface area contributed by atoms with E-state index >= 15 is 0 Å². The number of aromatic nitrogens is 3. The monoisotopic (exact) mass is 340 g/mol. The Hall–Kier alpha value is -2.96. The zero-order valence-corrected chi connectivity index (χ0v) is 14.0.